The molecule has 0 spiro atoms. The molecule has 0 aliphatic heterocycles. The van der Waals surface area contributed by atoms with Gasteiger partial charge in [-0.25, -0.2) is 0 Å². The molecule has 0 unspecified atom stereocenters. The summed E-state index contributed by atoms with van der Waals surface area (Å²) in [6, 6.07) is 0. The van der Waals surface area contributed by atoms with Crippen molar-refractivity contribution in [2.24, 2.45) is 0 Å². The molecule has 0 aromatic rings. The molecule has 0 saturated heterocycles. The number of halogens is 3. The third-order valence-electron chi connectivity index (χ3n) is 1.14. The molecule has 0 aliphatic rings. The number of hydrogen-bond donors (Lipinski definition) is 1. The Balaban J connectivity index is 4.27. The van der Waals surface area contributed by atoms with E-state index in [1.165, 1.54) is 0 Å². The SMILES string of the molecule is CC(=O)N(CC(=O)O)CC(F)(F)F. The first-order valence-corrected chi connectivity index (χ1v) is 3.26. The first kappa shape index (κ1) is 11.7. The summed E-state index contributed by atoms with van der Waals surface area (Å²) in [7, 11) is 0. The van der Waals surface area contributed by atoms with Crippen molar-refractivity contribution < 1.29 is 27.9 Å². The van der Waals surface area contributed by atoms with E-state index in [2.05, 4.69) is 0 Å². The molecule has 1 N–H and O–H groups in total. The van der Waals surface area contributed by atoms with E-state index in [4.69, 9.17) is 5.11 Å². The average molecular weight is 199 g/mol. The molecule has 13 heavy (non-hydrogen) atoms. The van der Waals surface area contributed by atoms with Crippen LogP contribution in [0.4, 0.5) is 13.2 Å². The van der Waals surface area contributed by atoms with Crippen LogP contribution in [0.3, 0.4) is 0 Å². The maximum Gasteiger partial charge on any atom is 0.406 e. The standard InChI is InChI=1S/C6H8F3NO3/c1-4(11)10(2-5(12)13)3-6(7,8)9/h2-3H2,1H3,(H,12,13). The highest BCUT2D eigenvalue weighted by atomic mass is 19.4. The van der Waals surface area contributed by atoms with Gasteiger partial charge < -0.3 is 10.0 Å². The fourth-order valence-electron chi connectivity index (χ4n) is 0.658. The van der Waals surface area contributed by atoms with Crippen LogP contribution < -0.4 is 0 Å². The number of carboxylic acids is 1. The number of aliphatic carboxylic acids is 1. The van der Waals surface area contributed by atoms with Crippen LogP contribution in [-0.4, -0.2) is 41.1 Å². The quantitative estimate of drug-likeness (QED) is 0.719. The summed E-state index contributed by atoms with van der Waals surface area (Å²) in [5.74, 6) is -2.39. The number of rotatable bonds is 3. The van der Waals surface area contributed by atoms with E-state index >= 15 is 0 Å². The van der Waals surface area contributed by atoms with Crippen molar-refractivity contribution in [2.75, 3.05) is 13.1 Å². The van der Waals surface area contributed by atoms with Crippen LogP contribution >= 0.6 is 0 Å². The summed E-state index contributed by atoms with van der Waals surface area (Å²) in [6.45, 7) is -1.59. The van der Waals surface area contributed by atoms with E-state index in [0.717, 1.165) is 6.92 Å². The molecule has 0 aromatic carbocycles. The molecule has 0 aromatic heterocycles. The van der Waals surface area contributed by atoms with E-state index in [0.29, 0.717) is 0 Å². The maximum absolute atomic E-state index is 11.7. The van der Waals surface area contributed by atoms with Crippen molar-refractivity contribution in [3.63, 3.8) is 0 Å². The largest absolute Gasteiger partial charge is 0.480 e. The third kappa shape index (κ3) is 5.94. The minimum atomic E-state index is -4.57. The Morgan fingerprint density at radius 2 is 1.85 bits per heavy atom. The van der Waals surface area contributed by atoms with Gasteiger partial charge in [-0.15, -0.1) is 0 Å². The third-order valence-corrected chi connectivity index (χ3v) is 1.14. The van der Waals surface area contributed by atoms with Crippen molar-refractivity contribution in [1.82, 2.24) is 4.90 Å². The Morgan fingerprint density at radius 1 is 1.38 bits per heavy atom. The summed E-state index contributed by atoms with van der Waals surface area (Å²) in [4.78, 5) is 20.8. The van der Waals surface area contributed by atoms with Gasteiger partial charge in [-0.1, -0.05) is 0 Å². The lowest BCUT2D eigenvalue weighted by molar-refractivity contribution is -0.164. The number of carboxylic acid groups (broad SMARTS) is 1. The second-order valence-electron chi connectivity index (χ2n) is 2.38. The Hall–Kier alpha value is -1.27. The number of amides is 1. The van der Waals surface area contributed by atoms with Gasteiger partial charge in [-0.2, -0.15) is 13.2 Å². The predicted molar refractivity (Wildman–Crippen MR) is 35.9 cm³/mol. The van der Waals surface area contributed by atoms with Crippen molar-refractivity contribution in [3.8, 4) is 0 Å². The first-order valence-electron chi connectivity index (χ1n) is 3.26. The van der Waals surface area contributed by atoms with Crippen LogP contribution in [0.1, 0.15) is 6.92 Å². The molecule has 76 valence electrons. The van der Waals surface area contributed by atoms with Crippen molar-refractivity contribution >= 4 is 11.9 Å². The normalized spacial score (nSPS) is 11.1. The van der Waals surface area contributed by atoms with Gasteiger partial charge >= 0.3 is 12.1 Å². The number of carbonyl (C=O) groups is 2. The minimum Gasteiger partial charge on any atom is -0.480 e. The van der Waals surface area contributed by atoms with Crippen LogP contribution in [0.5, 0.6) is 0 Å². The lowest BCUT2D eigenvalue weighted by atomic mass is 10.4. The van der Waals surface area contributed by atoms with Crippen molar-refractivity contribution in [3.05, 3.63) is 0 Å². The molecule has 0 radical (unpaired) electrons. The van der Waals surface area contributed by atoms with Gasteiger partial charge in [0.15, 0.2) is 0 Å². The van der Waals surface area contributed by atoms with Gasteiger partial charge in [0.05, 0.1) is 0 Å². The maximum atomic E-state index is 11.7. The molecule has 7 heteroatoms. The summed E-state index contributed by atoms with van der Waals surface area (Å²) in [5.41, 5.74) is 0. The molecule has 0 saturated carbocycles. The van der Waals surface area contributed by atoms with E-state index < -0.39 is 31.1 Å². The molecule has 4 nitrogen and oxygen atoms in total. The second kappa shape index (κ2) is 4.11. The summed E-state index contributed by atoms with van der Waals surface area (Å²) in [5, 5.41) is 8.17. The highest BCUT2D eigenvalue weighted by Gasteiger charge is 2.32. The highest BCUT2D eigenvalue weighted by Crippen LogP contribution is 2.16. The molecular weight excluding hydrogens is 191 g/mol. The Bertz CT molecular complexity index is 214. The van der Waals surface area contributed by atoms with Crippen molar-refractivity contribution in [1.29, 1.82) is 0 Å². The Morgan fingerprint density at radius 3 is 2.08 bits per heavy atom. The Kier molecular flexibility index (Phi) is 3.70. The predicted octanol–water partition coefficient (Wildman–Crippen LogP) is 0.482. The molecule has 0 heterocycles. The van der Waals surface area contributed by atoms with E-state index in [1.807, 2.05) is 0 Å². The van der Waals surface area contributed by atoms with Gasteiger partial charge in [-0.3, -0.25) is 9.59 Å². The average Bonchev–Trinajstić information content (AvgIpc) is 1.81. The van der Waals surface area contributed by atoms with Crippen LogP contribution in [-0.2, 0) is 9.59 Å². The fraction of sp³-hybridized carbons (Fsp3) is 0.667. The fourth-order valence-corrected chi connectivity index (χ4v) is 0.658. The van der Waals surface area contributed by atoms with E-state index in [-0.39, 0.29) is 4.90 Å². The molecule has 1 amide bonds. The van der Waals surface area contributed by atoms with Gasteiger partial charge in [0.2, 0.25) is 5.91 Å². The second-order valence-corrected chi connectivity index (χ2v) is 2.38. The van der Waals surface area contributed by atoms with E-state index in [1.54, 1.807) is 0 Å². The van der Waals surface area contributed by atoms with Gasteiger partial charge in [0.25, 0.3) is 0 Å². The summed E-state index contributed by atoms with van der Waals surface area (Å²) < 4.78 is 35.2. The first-order chi connectivity index (χ1) is 5.72. The topological polar surface area (TPSA) is 57.6 Å². The smallest absolute Gasteiger partial charge is 0.406 e. The van der Waals surface area contributed by atoms with Gasteiger partial charge in [0.1, 0.15) is 13.1 Å². The highest BCUT2D eigenvalue weighted by molar-refractivity contribution is 5.79. The molecule has 0 rings (SSSR count). The number of hydrogen-bond acceptors (Lipinski definition) is 2. The Labute approximate surface area is 71.9 Å². The zero-order valence-electron chi connectivity index (χ0n) is 6.76. The molecule has 0 fully saturated rings. The monoisotopic (exact) mass is 199 g/mol. The van der Waals surface area contributed by atoms with Crippen molar-refractivity contribution in [2.45, 2.75) is 13.1 Å². The zero-order chi connectivity index (χ0) is 10.6. The van der Waals surface area contributed by atoms with Crippen LogP contribution in [0.25, 0.3) is 0 Å². The van der Waals surface area contributed by atoms with Crippen LogP contribution in [0, 0.1) is 0 Å². The molecular formula is C6H8F3NO3. The molecule has 0 atom stereocenters. The molecule has 0 aliphatic carbocycles. The lowest BCUT2D eigenvalue weighted by Gasteiger charge is -2.19. The minimum absolute atomic E-state index is 0.211. The zero-order valence-corrected chi connectivity index (χ0v) is 6.76. The van der Waals surface area contributed by atoms with Gasteiger partial charge in [-0.05, 0) is 0 Å². The number of alkyl halides is 3. The lowest BCUT2D eigenvalue weighted by Crippen LogP contribution is -2.40. The summed E-state index contributed by atoms with van der Waals surface area (Å²) >= 11 is 0. The van der Waals surface area contributed by atoms with Gasteiger partial charge in [0, 0.05) is 6.92 Å². The van der Waals surface area contributed by atoms with Crippen LogP contribution in [0.15, 0.2) is 0 Å². The summed E-state index contributed by atoms with van der Waals surface area (Å²) in [6.07, 6.45) is -4.57. The van der Waals surface area contributed by atoms with Crippen LogP contribution in [0.2, 0.25) is 0 Å². The van der Waals surface area contributed by atoms with E-state index in [9.17, 15) is 22.8 Å². The number of nitrogens with zero attached hydrogens (tertiary/aromatic N) is 1. The number of carbonyl (C=O) groups excluding carboxylic acids is 1. The molecule has 0 bridgehead atoms.